The van der Waals surface area contributed by atoms with E-state index in [0.717, 1.165) is 11.3 Å². The molecule has 0 spiro atoms. The molecule has 5 aliphatic rings. The van der Waals surface area contributed by atoms with Crippen LogP contribution in [-0.4, -0.2) is 16.9 Å². The molecule has 1 saturated heterocycles. The van der Waals surface area contributed by atoms with Crippen LogP contribution in [0.4, 0.5) is 5.69 Å². The van der Waals surface area contributed by atoms with Gasteiger partial charge in [0.05, 0.1) is 17.5 Å². The number of phenols is 1. The fraction of sp³-hybridized carbons (Fsp3) is 0.412. The van der Waals surface area contributed by atoms with E-state index < -0.39 is 0 Å². The van der Waals surface area contributed by atoms with Gasteiger partial charge in [-0.3, -0.25) is 9.59 Å². The highest BCUT2D eigenvalue weighted by atomic mass is 35.5. The van der Waals surface area contributed by atoms with E-state index in [1.807, 2.05) is 0 Å². The molecule has 6 atom stereocenters. The van der Waals surface area contributed by atoms with E-state index in [9.17, 15) is 14.7 Å². The van der Waals surface area contributed by atoms with Gasteiger partial charge in [0, 0.05) is 5.02 Å². The van der Waals surface area contributed by atoms with Gasteiger partial charge in [-0.05, 0) is 48.3 Å². The molecule has 112 valence electrons. The molecule has 1 aromatic carbocycles. The van der Waals surface area contributed by atoms with Gasteiger partial charge in [0.1, 0.15) is 5.75 Å². The number of hydrogen-bond donors (Lipinski definition) is 1. The normalized spacial score (nSPS) is 40.9. The third-order valence-corrected chi connectivity index (χ3v) is 6.08. The Morgan fingerprint density at radius 2 is 1.64 bits per heavy atom. The van der Waals surface area contributed by atoms with Gasteiger partial charge in [-0.15, -0.1) is 0 Å². The third kappa shape index (κ3) is 1.39. The highest BCUT2D eigenvalue weighted by Crippen LogP contribution is 2.65. The molecule has 2 saturated carbocycles. The Hall–Kier alpha value is -1.81. The number of carbonyl (C=O) groups is 2. The van der Waals surface area contributed by atoms with Crippen molar-refractivity contribution in [1.29, 1.82) is 0 Å². The lowest BCUT2D eigenvalue weighted by atomic mass is 9.63. The first-order valence-corrected chi connectivity index (χ1v) is 8.00. The molecule has 1 aromatic rings. The Morgan fingerprint density at radius 1 is 1.05 bits per heavy atom. The number of amides is 2. The quantitative estimate of drug-likeness (QED) is 0.640. The summed E-state index contributed by atoms with van der Waals surface area (Å²) in [5.74, 6) is 0.534. The summed E-state index contributed by atoms with van der Waals surface area (Å²) in [5, 5.41) is 10.4. The minimum absolute atomic E-state index is 0.0878. The van der Waals surface area contributed by atoms with E-state index >= 15 is 0 Å². The smallest absolute Gasteiger partial charge is 0.238 e. The molecule has 3 fully saturated rings. The lowest BCUT2D eigenvalue weighted by molar-refractivity contribution is -0.124. The largest absolute Gasteiger partial charge is 0.506 e. The first-order valence-electron chi connectivity index (χ1n) is 7.62. The minimum atomic E-state index is -0.260. The lowest BCUT2D eigenvalue weighted by Gasteiger charge is -2.37. The average molecular weight is 316 g/mol. The van der Waals surface area contributed by atoms with Gasteiger partial charge in [-0.25, -0.2) is 4.90 Å². The van der Waals surface area contributed by atoms with E-state index in [-0.39, 0.29) is 46.9 Å². The Kier molecular flexibility index (Phi) is 2.27. The average Bonchev–Trinajstić information content (AvgIpc) is 3.28. The van der Waals surface area contributed by atoms with Crippen molar-refractivity contribution in [1.82, 2.24) is 0 Å². The second-order valence-corrected chi connectivity index (χ2v) is 7.24. The predicted octanol–water partition coefficient (Wildman–Crippen LogP) is 2.60. The number of aromatic hydroxyl groups is 1. The molecule has 2 bridgehead atoms. The molecule has 4 aliphatic carbocycles. The lowest BCUT2D eigenvalue weighted by Crippen LogP contribution is -2.40. The van der Waals surface area contributed by atoms with Crippen molar-refractivity contribution in [2.24, 2.45) is 35.5 Å². The van der Waals surface area contributed by atoms with Gasteiger partial charge in [0.25, 0.3) is 0 Å². The molecule has 5 heteroatoms. The van der Waals surface area contributed by atoms with Crippen LogP contribution in [0.1, 0.15) is 6.42 Å². The highest BCUT2D eigenvalue weighted by Gasteiger charge is 2.67. The molecular formula is C17H14ClNO3. The second-order valence-electron chi connectivity index (χ2n) is 6.80. The molecular weight excluding hydrogens is 302 g/mol. The van der Waals surface area contributed by atoms with E-state index in [2.05, 4.69) is 12.2 Å². The van der Waals surface area contributed by atoms with Crippen molar-refractivity contribution < 1.29 is 14.7 Å². The van der Waals surface area contributed by atoms with Crippen LogP contribution < -0.4 is 4.90 Å². The zero-order chi connectivity index (χ0) is 15.2. The summed E-state index contributed by atoms with van der Waals surface area (Å²) in [6, 6.07) is 4.45. The molecule has 0 unspecified atom stereocenters. The Bertz CT molecular complexity index is 722. The molecule has 1 aliphatic heterocycles. The zero-order valence-electron chi connectivity index (χ0n) is 11.6. The molecule has 2 amide bonds. The Morgan fingerprint density at radius 3 is 2.23 bits per heavy atom. The second kappa shape index (κ2) is 3.93. The topological polar surface area (TPSA) is 57.6 Å². The summed E-state index contributed by atoms with van der Waals surface area (Å²) >= 11 is 5.97. The fourth-order valence-electron chi connectivity index (χ4n) is 4.87. The molecule has 0 radical (unpaired) electrons. The number of anilines is 1. The molecule has 0 aromatic heterocycles. The minimum Gasteiger partial charge on any atom is -0.506 e. The van der Waals surface area contributed by atoms with Gasteiger partial charge >= 0.3 is 0 Å². The molecule has 1 heterocycles. The fourth-order valence-corrected chi connectivity index (χ4v) is 5.04. The number of imide groups is 1. The van der Waals surface area contributed by atoms with Crippen LogP contribution >= 0.6 is 11.6 Å². The molecule has 1 N–H and O–H groups in total. The monoisotopic (exact) mass is 315 g/mol. The van der Waals surface area contributed by atoms with Crippen molar-refractivity contribution >= 4 is 29.1 Å². The standard InChI is InChI=1S/C17H14ClNO3/c18-7-1-4-13(20)12(5-7)19-16(21)14-8-2-3-9(11-6-10(8)11)15(14)17(19)22/h1-5,8-11,14-15,20H,6H2/t8-,9+,10-,11-,14-,15+/m0/s1. The van der Waals surface area contributed by atoms with Gasteiger partial charge in [-0.2, -0.15) is 0 Å². The van der Waals surface area contributed by atoms with E-state index in [4.69, 9.17) is 11.6 Å². The van der Waals surface area contributed by atoms with Crippen molar-refractivity contribution in [3.05, 3.63) is 35.4 Å². The van der Waals surface area contributed by atoms with Crippen LogP contribution in [0.2, 0.25) is 5.02 Å². The number of carbonyl (C=O) groups excluding carboxylic acids is 2. The van der Waals surface area contributed by atoms with Crippen molar-refractivity contribution in [2.75, 3.05) is 4.90 Å². The maximum atomic E-state index is 12.9. The number of phenolic OH excluding ortho intramolecular Hbond substituents is 1. The van der Waals surface area contributed by atoms with E-state index in [1.165, 1.54) is 12.1 Å². The SMILES string of the molecule is O=C1[C@@H]2[C@@H]3C=C[C@@H]([C@@H]4C[C@@H]34)[C@@H]2C(=O)N1c1cc(Cl)ccc1O. The summed E-state index contributed by atoms with van der Waals surface area (Å²) in [6.45, 7) is 0. The van der Waals surface area contributed by atoms with E-state index in [0.29, 0.717) is 16.9 Å². The van der Waals surface area contributed by atoms with E-state index in [1.54, 1.807) is 6.07 Å². The van der Waals surface area contributed by atoms with Crippen LogP contribution in [0.3, 0.4) is 0 Å². The van der Waals surface area contributed by atoms with Crippen LogP contribution in [-0.2, 0) is 9.59 Å². The molecule has 6 rings (SSSR count). The first-order chi connectivity index (χ1) is 10.6. The van der Waals surface area contributed by atoms with Gasteiger partial charge < -0.3 is 5.11 Å². The predicted molar refractivity (Wildman–Crippen MR) is 80.3 cm³/mol. The van der Waals surface area contributed by atoms with Crippen LogP contribution in [0.15, 0.2) is 30.4 Å². The van der Waals surface area contributed by atoms with Gasteiger partial charge in [-0.1, -0.05) is 23.8 Å². The number of benzene rings is 1. The summed E-state index contributed by atoms with van der Waals surface area (Å²) < 4.78 is 0. The Labute approximate surface area is 132 Å². The van der Waals surface area contributed by atoms with Gasteiger partial charge in [0.15, 0.2) is 0 Å². The van der Waals surface area contributed by atoms with Crippen molar-refractivity contribution in [2.45, 2.75) is 6.42 Å². The van der Waals surface area contributed by atoms with Crippen LogP contribution in [0.25, 0.3) is 0 Å². The van der Waals surface area contributed by atoms with Crippen molar-refractivity contribution in [3.63, 3.8) is 0 Å². The number of nitrogens with zero attached hydrogens (tertiary/aromatic N) is 1. The zero-order valence-corrected chi connectivity index (χ0v) is 12.4. The summed E-state index contributed by atoms with van der Waals surface area (Å²) in [7, 11) is 0. The number of allylic oxidation sites excluding steroid dienone is 2. The summed E-state index contributed by atoms with van der Waals surface area (Å²) in [4.78, 5) is 26.9. The number of rotatable bonds is 1. The van der Waals surface area contributed by atoms with Gasteiger partial charge in [0.2, 0.25) is 11.8 Å². The third-order valence-electron chi connectivity index (χ3n) is 5.84. The van der Waals surface area contributed by atoms with Crippen LogP contribution in [0.5, 0.6) is 5.75 Å². The first kappa shape index (κ1) is 12.7. The summed E-state index contributed by atoms with van der Waals surface area (Å²) in [5.41, 5.74) is 0.213. The maximum Gasteiger partial charge on any atom is 0.238 e. The molecule has 4 nitrogen and oxygen atoms in total. The van der Waals surface area contributed by atoms with Crippen LogP contribution in [0, 0.1) is 35.5 Å². The number of hydrogen-bond acceptors (Lipinski definition) is 3. The number of halogens is 1. The Balaban J connectivity index is 1.62. The molecule has 22 heavy (non-hydrogen) atoms. The summed E-state index contributed by atoms with van der Waals surface area (Å²) in [6.07, 6.45) is 5.40. The highest BCUT2D eigenvalue weighted by molar-refractivity contribution is 6.31. The maximum absolute atomic E-state index is 12.9. The van der Waals surface area contributed by atoms with Crippen molar-refractivity contribution in [3.8, 4) is 5.75 Å².